The lowest BCUT2D eigenvalue weighted by Gasteiger charge is -2.10. The predicted molar refractivity (Wildman–Crippen MR) is 110 cm³/mol. The molecule has 0 bridgehead atoms. The van der Waals surface area contributed by atoms with Gasteiger partial charge in [-0.1, -0.05) is 24.3 Å². The van der Waals surface area contributed by atoms with Gasteiger partial charge in [0.05, 0.1) is 7.11 Å². The quantitative estimate of drug-likeness (QED) is 0.480. The molecule has 0 fully saturated rings. The Morgan fingerprint density at radius 2 is 1.63 bits per heavy atom. The summed E-state index contributed by atoms with van der Waals surface area (Å²) in [6.45, 7) is -2.95. The van der Waals surface area contributed by atoms with Crippen LogP contribution in [0.15, 0.2) is 78.9 Å². The first-order valence-corrected chi connectivity index (χ1v) is 8.98. The Labute approximate surface area is 172 Å². The van der Waals surface area contributed by atoms with E-state index in [1.54, 1.807) is 30.3 Å². The molecule has 0 saturated carbocycles. The maximum absolute atomic E-state index is 12.4. The molecule has 0 spiro atoms. The molecule has 0 aliphatic rings. The average Bonchev–Trinajstić information content (AvgIpc) is 2.75. The minimum Gasteiger partial charge on any atom is -0.493 e. The third-order valence-electron chi connectivity index (χ3n) is 3.93. The van der Waals surface area contributed by atoms with E-state index in [4.69, 9.17) is 9.47 Å². The molecule has 154 valence electrons. The van der Waals surface area contributed by atoms with Gasteiger partial charge in [-0.15, -0.1) is 0 Å². The molecule has 3 aromatic carbocycles. The number of nitrogens with one attached hydrogen (secondary N) is 1. The van der Waals surface area contributed by atoms with E-state index in [-0.39, 0.29) is 17.4 Å². The molecule has 3 aromatic rings. The summed E-state index contributed by atoms with van der Waals surface area (Å²) in [5.41, 5.74) is 1.19. The second kappa shape index (κ2) is 10.1. The van der Waals surface area contributed by atoms with Crippen molar-refractivity contribution in [3.8, 4) is 23.0 Å². The zero-order valence-corrected chi connectivity index (χ0v) is 16.0. The van der Waals surface area contributed by atoms with Gasteiger partial charge in [0.15, 0.2) is 11.5 Å². The Bertz CT molecular complexity index is 1010. The summed E-state index contributed by atoms with van der Waals surface area (Å²) in [5, 5.41) is 2.73. The first kappa shape index (κ1) is 20.9. The molecule has 0 heterocycles. The summed E-state index contributed by atoms with van der Waals surface area (Å²) in [4.78, 5) is 12.1. The Morgan fingerprint density at radius 3 is 2.30 bits per heavy atom. The maximum Gasteiger partial charge on any atom is 0.387 e. The number of para-hydroxylation sites is 1. The normalized spacial score (nSPS) is 10.8. The maximum atomic E-state index is 12.4. The minimum absolute atomic E-state index is 0.0769. The molecule has 0 aliphatic heterocycles. The van der Waals surface area contributed by atoms with E-state index in [1.807, 2.05) is 30.3 Å². The highest BCUT2D eigenvalue weighted by molar-refractivity contribution is 6.02. The Morgan fingerprint density at radius 1 is 0.933 bits per heavy atom. The molecule has 0 aromatic heterocycles. The fraction of sp³-hybridized carbons (Fsp3) is 0.0870. The highest BCUT2D eigenvalue weighted by Gasteiger charge is 2.10. The van der Waals surface area contributed by atoms with Gasteiger partial charge in [0, 0.05) is 11.8 Å². The van der Waals surface area contributed by atoms with Gasteiger partial charge in [-0.05, 0) is 60.2 Å². The molecule has 1 N–H and O–H groups in total. The van der Waals surface area contributed by atoms with E-state index in [9.17, 15) is 13.6 Å². The molecule has 7 heteroatoms. The van der Waals surface area contributed by atoms with Crippen molar-refractivity contribution in [1.82, 2.24) is 0 Å². The zero-order chi connectivity index (χ0) is 21.3. The highest BCUT2D eigenvalue weighted by atomic mass is 19.3. The van der Waals surface area contributed by atoms with Gasteiger partial charge in [0.25, 0.3) is 0 Å². The summed E-state index contributed by atoms with van der Waals surface area (Å²) in [6, 6.07) is 20.7. The van der Waals surface area contributed by atoms with Crippen molar-refractivity contribution in [2.24, 2.45) is 0 Å². The third kappa shape index (κ3) is 6.07. The van der Waals surface area contributed by atoms with Crippen LogP contribution in [0.2, 0.25) is 0 Å². The SMILES string of the molecule is COc1cc(/C=C/C(=O)Nc2ccc(Oc3ccccc3)cc2)ccc1OC(F)F. The number of carbonyl (C=O) groups excluding carboxylic acids is 1. The monoisotopic (exact) mass is 411 g/mol. The molecule has 1 amide bonds. The van der Waals surface area contributed by atoms with Gasteiger partial charge in [0.2, 0.25) is 5.91 Å². The van der Waals surface area contributed by atoms with Crippen molar-refractivity contribution >= 4 is 17.7 Å². The van der Waals surface area contributed by atoms with E-state index < -0.39 is 6.61 Å². The van der Waals surface area contributed by atoms with Crippen molar-refractivity contribution in [3.05, 3.63) is 84.4 Å². The molecular weight excluding hydrogens is 392 g/mol. The fourth-order valence-electron chi connectivity index (χ4n) is 2.57. The number of hydrogen-bond acceptors (Lipinski definition) is 4. The number of alkyl halides is 2. The fourth-order valence-corrected chi connectivity index (χ4v) is 2.57. The highest BCUT2D eigenvalue weighted by Crippen LogP contribution is 2.30. The number of carbonyl (C=O) groups is 1. The van der Waals surface area contributed by atoms with E-state index >= 15 is 0 Å². The van der Waals surface area contributed by atoms with Gasteiger partial charge in [-0.2, -0.15) is 8.78 Å². The van der Waals surface area contributed by atoms with Crippen molar-refractivity contribution in [1.29, 1.82) is 0 Å². The molecule has 5 nitrogen and oxygen atoms in total. The zero-order valence-electron chi connectivity index (χ0n) is 16.0. The van der Waals surface area contributed by atoms with Gasteiger partial charge < -0.3 is 19.5 Å². The molecule has 0 atom stereocenters. The van der Waals surface area contributed by atoms with Crippen LogP contribution in [-0.4, -0.2) is 19.6 Å². The van der Waals surface area contributed by atoms with E-state index in [2.05, 4.69) is 10.1 Å². The van der Waals surface area contributed by atoms with Crippen molar-refractivity contribution < 1.29 is 27.8 Å². The van der Waals surface area contributed by atoms with Crippen LogP contribution in [0.5, 0.6) is 23.0 Å². The smallest absolute Gasteiger partial charge is 0.387 e. The van der Waals surface area contributed by atoms with E-state index in [0.29, 0.717) is 17.0 Å². The Hall–Kier alpha value is -3.87. The number of amides is 1. The van der Waals surface area contributed by atoms with Crippen LogP contribution in [0.4, 0.5) is 14.5 Å². The molecule has 30 heavy (non-hydrogen) atoms. The minimum atomic E-state index is -2.95. The number of ether oxygens (including phenoxy) is 3. The van der Waals surface area contributed by atoms with Crippen LogP contribution in [-0.2, 0) is 4.79 Å². The van der Waals surface area contributed by atoms with Crippen LogP contribution >= 0.6 is 0 Å². The number of methoxy groups -OCH3 is 1. The van der Waals surface area contributed by atoms with Gasteiger partial charge >= 0.3 is 6.61 Å². The first-order chi connectivity index (χ1) is 14.5. The standard InChI is InChI=1S/C23H19F2NO4/c1-28-21-15-16(7-13-20(21)30-23(24)25)8-14-22(27)26-17-9-11-19(12-10-17)29-18-5-3-2-4-6-18/h2-15,23H,1H3,(H,26,27)/b14-8+. The summed E-state index contributed by atoms with van der Waals surface area (Å²) in [6.07, 6.45) is 2.87. The second-order valence-corrected chi connectivity index (χ2v) is 6.05. The lowest BCUT2D eigenvalue weighted by atomic mass is 10.2. The van der Waals surface area contributed by atoms with Gasteiger partial charge in [-0.3, -0.25) is 4.79 Å². The predicted octanol–water partition coefficient (Wildman–Crippen LogP) is 5.74. The first-order valence-electron chi connectivity index (χ1n) is 8.98. The summed E-state index contributed by atoms with van der Waals surface area (Å²) < 4.78 is 39.9. The molecule has 0 unspecified atom stereocenters. The van der Waals surface area contributed by atoms with Crippen molar-refractivity contribution in [2.75, 3.05) is 12.4 Å². The largest absolute Gasteiger partial charge is 0.493 e. The number of rotatable bonds is 8. The Kier molecular flexibility index (Phi) is 7.00. The molecule has 0 saturated heterocycles. The lowest BCUT2D eigenvalue weighted by molar-refractivity contribution is -0.111. The third-order valence-corrected chi connectivity index (χ3v) is 3.93. The summed E-state index contributed by atoms with van der Waals surface area (Å²) in [5.74, 6) is 1.09. The van der Waals surface area contributed by atoms with Crippen molar-refractivity contribution in [3.63, 3.8) is 0 Å². The van der Waals surface area contributed by atoms with Gasteiger partial charge in [-0.25, -0.2) is 0 Å². The number of halogens is 2. The molecule has 0 radical (unpaired) electrons. The number of hydrogen-bond donors (Lipinski definition) is 1. The summed E-state index contributed by atoms with van der Waals surface area (Å²) >= 11 is 0. The number of benzene rings is 3. The lowest BCUT2D eigenvalue weighted by Crippen LogP contribution is -2.07. The topological polar surface area (TPSA) is 56.8 Å². The van der Waals surface area contributed by atoms with Crippen LogP contribution < -0.4 is 19.5 Å². The molecular formula is C23H19F2NO4. The van der Waals surface area contributed by atoms with Crippen LogP contribution in [0.3, 0.4) is 0 Å². The second-order valence-electron chi connectivity index (χ2n) is 6.05. The van der Waals surface area contributed by atoms with E-state index in [0.717, 1.165) is 5.75 Å². The molecule has 0 aliphatic carbocycles. The Balaban J connectivity index is 1.59. The summed E-state index contributed by atoms with van der Waals surface area (Å²) in [7, 11) is 1.35. The van der Waals surface area contributed by atoms with Crippen molar-refractivity contribution in [2.45, 2.75) is 6.61 Å². The van der Waals surface area contributed by atoms with Gasteiger partial charge in [0.1, 0.15) is 11.5 Å². The van der Waals surface area contributed by atoms with Crippen LogP contribution in [0.1, 0.15) is 5.56 Å². The van der Waals surface area contributed by atoms with Crippen LogP contribution in [0, 0.1) is 0 Å². The molecule has 3 rings (SSSR count). The van der Waals surface area contributed by atoms with E-state index in [1.165, 1.54) is 31.4 Å². The number of anilines is 1. The van der Waals surface area contributed by atoms with Crippen LogP contribution in [0.25, 0.3) is 6.08 Å². The average molecular weight is 411 g/mol.